The molecule has 0 aromatic heterocycles. The highest BCUT2D eigenvalue weighted by Gasteiger charge is 2.11. The van der Waals surface area contributed by atoms with E-state index in [9.17, 15) is 9.59 Å². The number of unbranched alkanes of at least 4 members (excludes halogenated alkanes) is 3. The maximum absolute atomic E-state index is 11.6. The number of ether oxygens (including phenoxy) is 1. The fourth-order valence-electron chi connectivity index (χ4n) is 2.44. The summed E-state index contributed by atoms with van der Waals surface area (Å²) >= 11 is 0. The molecule has 0 unspecified atom stereocenters. The molecule has 2 rings (SSSR count). The van der Waals surface area contributed by atoms with Gasteiger partial charge >= 0.3 is 5.97 Å². The van der Waals surface area contributed by atoms with Gasteiger partial charge in [0.1, 0.15) is 5.75 Å². The molecule has 0 saturated heterocycles. The molecule has 1 aliphatic rings. The smallest absolute Gasteiger partial charge is 0.303 e. The van der Waals surface area contributed by atoms with Gasteiger partial charge in [-0.3, -0.25) is 9.59 Å². The van der Waals surface area contributed by atoms with Crippen molar-refractivity contribution in [2.45, 2.75) is 44.9 Å². The van der Waals surface area contributed by atoms with Crippen LogP contribution >= 0.6 is 0 Å². The molecule has 0 spiro atoms. The van der Waals surface area contributed by atoms with Crippen LogP contribution in [0.3, 0.4) is 0 Å². The molecule has 6 nitrogen and oxygen atoms in total. The Balaban J connectivity index is 1.61. The quantitative estimate of drug-likeness (QED) is 0.416. The molecule has 124 valence electrons. The first-order valence-electron chi connectivity index (χ1n) is 7.94. The third-order valence-corrected chi connectivity index (χ3v) is 3.66. The standard InChI is InChI=1S/C17H22N2O4/c20-16(5-3-1-2-4-6-17(21)22)19-18-12-13-7-8-15-14(11-13)9-10-23-15/h7-8,11-12H,1-6,9-10H2,(H,19,20)(H,21,22)/b18-12+. The van der Waals surface area contributed by atoms with E-state index in [1.54, 1.807) is 6.21 Å². The number of hydrogen-bond acceptors (Lipinski definition) is 4. The van der Waals surface area contributed by atoms with E-state index in [0.717, 1.165) is 43.6 Å². The number of nitrogens with zero attached hydrogens (tertiary/aromatic N) is 1. The number of benzene rings is 1. The number of carboxylic acids is 1. The van der Waals surface area contributed by atoms with E-state index in [1.165, 1.54) is 5.56 Å². The van der Waals surface area contributed by atoms with Crippen LogP contribution in [0, 0.1) is 0 Å². The van der Waals surface area contributed by atoms with Crippen LogP contribution in [-0.2, 0) is 16.0 Å². The van der Waals surface area contributed by atoms with Crippen LogP contribution in [0.15, 0.2) is 23.3 Å². The summed E-state index contributed by atoms with van der Waals surface area (Å²) in [6.07, 6.45) is 6.24. The minimum absolute atomic E-state index is 0.121. The van der Waals surface area contributed by atoms with Gasteiger partial charge < -0.3 is 9.84 Å². The van der Waals surface area contributed by atoms with E-state index in [-0.39, 0.29) is 12.3 Å². The van der Waals surface area contributed by atoms with Crippen molar-refractivity contribution in [2.24, 2.45) is 5.10 Å². The molecule has 0 saturated carbocycles. The Labute approximate surface area is 135 Å². The number of carboxylic acid groups (broad SMARTS) is 1. The second-order valence-corrected chi connectivity index (χ2v) is 5.57. The van der Waals surface area contributed by atoms with Gasteiger partial charge in [0.2, 0.25) is 5.91 Å². The Morgan fingerprint density at radius 1 is 1.22 bits per heavy atom. The van der Waals surface area contributed by atoms with Crippen LogP contribution < -0.4 is 10.2 Å². The fourth-order valence-corrected chi connectivity index (χ4v) is 2.44. The lowest BCUT2D eigenvalue weighted by Gasteiger charge is -2.01. The van der Waals surface area contributed by atoms with E-state index < -0.39 is 5.97 Å². The van der Waals surface area contributed by atoms with Crippen molar-refractivity contribution in [3.8, 4) is 5.75 Å². The average molecular weight is 318 g/mol. The van der Waals surface area contributed by atoms with Gasteiger partial charge in [-0.05, 0) is 42.2 Å². The number of hydrazone groups is 1. The summed E-state index contributed by atoms with van der Waals surface area (Å²) in [6.45, 7) is 0.721. The monoisotopic (exact) mass is 318 g/mol. The van der Waals surface area contributed by atoms with E-state index in [4.69, 9.17) is 9.84 Å². The highest BCUT2D eigenvalue weighted by molar-refractivity contribution is 5.83. The van der Waals surface area contributed by atoms with Crippen molar-refractivity contribution in [2.75, 3.05) is 6.61 Å². The van der Waals surface area contributed by atoms with E-state index in [0.29, 0.717) is 12.8 Å². The maximum atomic E-state index is 11.6. The number of carbonyl (C=O) groups excluding carboxylic acids is 1. The molecule has 0 atom stereocenters. The van der Waals surface area contributed by atoms with Crippen LogP contribution in [0.5, 0.6) is 5.75 Å². The second kappa shape index (κ2) is 8.92. The predicted molar refractivity (Wildman–Crippen MR) is 86.7 cm³/mol. The van der Waals surface area contributed by atoms with Gasteiger partial charge in [0, 0.05) is 19.3 Å². The highest BCUT2D eigenvalue weighted by Crippen LogP contribution is 2.25. The molecule has 0 aliphatic carbocycles. The average Bonchev–Trinajstić information content (AvgIpc) is 2.98. The van der Waals surface area contributed by atoms with Gasteiger partial charge in [0.15, 0.2) is 0 Å². The maximum Gasteiger partial charge on any atom is 0.303 e. The summed E-state index contributed by atoms with van der Waals surface area (Å²) < 4.78 is 5.43. The van der Waals surface area contributed by atoms with E-state index in [2.05, 4.69) is 10.5 Å². The van der Waals surface area contributed by atoms with Crippen LogP contribution in [-0.4, -0.2) is 29.8 Å². The third kappa shape index (κ3) is 6.10. The summed E-state index contributed by atoms with van der Waals surface area (Å²) in [5, 5.41) is 12.5. The van der Waals surface area contributed by atoms with Crippen LogP contribution in [0.1, 0.15) is 49.7 Å². The summed E-state index contributed by atoms with van der Waals surface area (Å²) in [6, 6.07) is 5.84. The van der Waals surface area contributed by atoms with Crippen molar-refractivity contribution in [1.82, 2.24) is 5.43 Å². The number of carbonyl (C=O) groups is 2. The van der Waals surface area contributed by atoms with Gasteiger partial charge in [-0.1, -0.05) is 12.8 Å². The zero-order valence-electron chi connectivity index (χ0n) is 13.1. The van der Waals surface area contributed by atoms with E-state index in [1.807, 2.05) is 18.2 Å². The number of rotatable bonds is 9. The molecule has 1 aromatic carbocycles. The Bertz CT molecular complexity index is 584. The molecule has 0 bridgehead atoms. The highest BCUT2D eigenvalue weighted by atomic mass is 16.5. The molecule has 1 amide bonds. The Morgan fingerprint density at radius 3 is 2.78 bits per heavy atom. The first-order chi connectivity index (χ1) is 11.1. The normalized spacial score (nSPS) is 12.9. The topological polar surface area (TPSA) is 88.0 Å². The first kappa shape index (κ1) is 17.0. The molecule has 0 fully saturated rings. The number of hydrogen-bond donors (Lipinski definition) is 2. The zero-order chi connectivity index (χ0) is 16.5. The minimum Gasteiger partial charge on any atom is -0.493 e. The number of amides is 1. The molecule has 2 N–H and O–H groups in total. The molecule has 1 aromatic rings. The molecule has 0 radical (unpaired) electrons. The van der Waals surface area contributed by atoms with Gasteiger partial charge in [0.25, 0.3) is 0 Å². The van der Waals surface area contributed by atoms with Crippen molar-refractivity contribution in [3.63, 3.8) is 0 Å². The van der Waals surface area contributed by atoms with Crippen molar-refractivity contribution >= 4 is 18.1 Å². The summed E-state index contributed by atoms with van der Waals surface area (Å²) in [7, 11) is 0. The van der Waals surface area contributed by atoms with Crippen LogP contribution in [0.25, 0.3) is 0 Å². The first-order valence-corrected chi connectivity index (χ1v) is 7.94. The second-order valence-electron chi connectivity index (χ2n) is 5.57. The summed E-state index contributed by atoms with van der Waals surface area (Å²) in [5.41, 5.74) is 4.61. The summed E-state index contributed by atoms with van der Waals surface area (Å²) in [5.74, 6) is 0.0354. The van der Waals surface area contributed by atoms with Crippen molar-refractivity contribution in [1.29, 1.82) is 0 Å². The molecule has 1 aliphatic heterocycles. The Morgan fingerprint density at radius 2 is 2.00 bits per heavy atom. The van der Waals surface area contributed by atoms with Gasteiger partial charge in [-0.15, -0.1) is 0 Å². The molecular formula is C17H22N2O4. The number of fused-ring (bicyclic) bond motifs is 1. The number of aliphatic carboxylic acids is 1. The predicted octanol–water partition coefficient (Wildman–Crippen LogP) is 2.50. The molecule has 1 heterocycles. The van der Waals surface area contributed by atoms with Gasteiger partial charge in [-0.2, -0.15) is 5.10 Å². The largest absolute Gasteiger partial charge is 0.493 e. The zero-order valence-corrected chi connectivity index (χ0v) is 13.1. The Hall–Kier alpha value is -2.37. The minimum atomic E-state index is -0.768. The lowest BCUT2D eigenvalue weighted by molar-refractivity contribution is -0.137. The SMILES string of the molecule is O=C(O)CCCCCCC(=O)N/N=C/c1ccc2c(c1)CCO2. The summed E-state index contributed by atoms with van der Waals surface area (Å²) in [4.78, 5) is 22.0. The van der Waals surface area contributed by atoms with Crippen LogP contribution in [0.4, 0.5) is 0 Å². The van der Waals surface area contributed by atoms with Crippen LogP contribution in [0.2, 0.25) is 0 Å². The molecule has 6 heteroatoms. The van der Waals surface area contributed by atoms with Gasteiger partial charge in [0.05, 0.1) is 12.8 Å². The lowest BCUT2D eigenvalue weighted by atomic mass is 10.1. The molecular weight excluding hydrogens is 296 g/mol. The van der Waals surface area contributed by atoms with Crippen molar-refractivity contribution in [3.05, 3.63) is 29.3 Å². The van der Waals surface area contributed by atoms with Crippen molar-refractivity contribution < 1.29 is 19.4 Å². The molecule has 23 heavy (non-hydrogen) atoms. The Kier molecular flexibility index (Phi) is 6.59. The third-order valence-electron chi connectivity index (χ3n) is 3.66. The number of nitrogens with one attached hydrogen (secondary N) is 1. The fraction of sp³-hybridized carbons (Fsp3) is 0.471. The van der Waals surface area contributed by atoms with Gasteiger partial charge in [-0.25, -0.2) is 5.43 Å². The van der Waals surface area contributed by atoms with E-state index >= 15 is 0 Å². The lowest BCUT2D eigenvalue weighted by Crippen LogP contribution is -2.16.